The molecule has 0 amide bonds. The van der Waals surface area contributed by atoms with Crippen LogP contribution in [0.2, 0.25) is 0 Å². The SMILES string of the molecule is COc1cnccc1N1CCN(c2cccc(C(=O)O)n2)CC1. The first-order chi connectivity index (χ1) is 11.2. The van der Waals surface area contributed by atoms with E-state index in [9.17, 15) is 4.79 Å². The largest absolute Gasteiger partial charge is 0.493 e. The fourth-order valence-electron chi connectivity index (χ4n) is 2.69. The lowest BCUT2D eigenvalue weighted by Gasteiger charge is -2.37. The van der Waals surface area contributed by atoms with Crippen molar-refractivity contribution in [1.29, 1.82) is 0 Å². The van der Waals surface area contributed by atoms with Gasteiger partial charge in [-0.2, -0.15) is 0 Å². The Balaban J connectivity index is 1.71. The Hall–Kier alpha value is -2.83. The molecule has 120 valence electrons. The Morgan fingerprint density at radius 1 is 1.17 bits per heavy atom. The summed E-state index contributed by atoms with van der Waals surface area (Å²) in [6, 6.07) is 7.01. The van der Waals surface area contributed by atoms with Gasteiger partial charge in [0.25, 0.3) is 0 Å². The Morgan fingerprint density at radius 2 is 1.91 bits per heavy atom. The van der Waals surface area contributed by atoms with E-state index in [1.54, 1.807) is 25.6 Å². The van der Waals surface area contributed by atoms with Gasteiger partial charge < -0.3 is 19.6 Å². The zero-order valence-electron chi connectivity index (χ0n) is 12.8. The lowest BCUT2D eigenvalue weighted by atomic mass is 10.2. The number of ether oxygens (including phenoxy) is 1. The molecule has 3 heterocycles. The number of piperazine rings is 1. The number of pyridine rings is 2. The standard InChI is InChI=1S/C16H18N4O3/c1-23-14-11-17-6-5-13(14)19-7-9-20(10-8-19)15-4-2-3-12(18-15)16(21)22/h2-6,11H,7-10H2,1H3,(H,21,22). The van der Waals surface area contributed by atoms with Crippen LogP contribution in [0.1, 0.15) is 10.5 Å². The normalized spacial score (nSPS) is 14.7. The highest BCUT2D eigenvalue weighted by atomic mass is 16.5. The number of hydrogen-bond donors (Lipinski definition) is 1. The van der Waals surface area contributed by atoms with Crippen LogP contribution in [0.5, 0.6) is 5.75 Å². The highest BCUT2D eigenvalue weighted by molar-refractivity contribution is 5.85. The van der Waals surface area contributed by atoms with Gasteiger partial charge >= 0.3 is 5.97 Å². The van der Waals surface area contributed by atoms with Gasteiger partial charge in [-0.15, -0.1) is 0 Å². The predicted molar refractivity (Wildman–Crippen MR) is 86.4 cm³/mol. The van der Waals surface area contributed by atoms with E-state index in [2.05, 4.69) is 19.8 Å². The van der Waals surface area contributed by atoms with Gasteiger partial charge in [-0.3, -0.25) is 4.98 Å². The number of methoxy groups -OCH3 is 1. The summed E-state index contributed by atoms with van der Waals surface area (Å²) in [4.78, 5) is 23.6. The average Bonchev–Trinajstić information content (AvgIpc) is 2.62. The Kier molecular flexibility index (Phi) is 4.27. The van der Waals surface area contributed by atoms with Crippen LogP contribution in [0.3, 0.4) is 0 Å². The molecule has 0 atom stereocenters. The molecule has 2 aromatic rings. The number of rotatable bonds is 4. The van der Waals surface area contributed by atoms with Gasteiger partial charge in [0.2, 0.25) is 0 Å². The molecule has 2 aromatic heterocycles. The van der Waals surface area contributed by atoms with Gasteiger partial charge in [0, 0.05) is 32.4 Å². The molecule has 7 nitrogen and oxygen atoms in total. The summed E-state index contributed by atoms with van der Waals surface area (Å²) in [6.45, 7) is 3.14. The molecule has 0 aromatic carbocycles. The summed E-state index contributed by atoms with van der Waals surface area (Å²) in [5.41, 5.74) is 1.09. The summed E-state index contributed by atoms with van der Waals surface area (Å²) in [7, 11) is 1.64. The number of anilines is 2. The molecule has 23 heavy (non-hydrogen) atoms. The fourth-order valence-corrected chi connectivity index (χ4v) is 2.69. The first kappa shape index (κ1) is 15.1. The average molecular weight is 314 g/mol. The monoisotopic (exact) mass is 314 g/mol. The molecule has 1 aliphatic heterocycles. The van der Waals surface area contributed by atoms with Crippen LogP contribution >= 0.6 is 0 Å². The Morgan fingerprint density at radius 3 is 2.61 bits per heavy atom. The smallest absolute Gasteiger partial charge is 0.354 e. The maximum absolute atomic E-state index is 11.0. The van der Waals surface area contributed by atoms with Crippen LogP contribution in [0.4, 0.5) is 11.5 Å². The van der Waals surface area contributed by atoms with Crippen LogP contribution in [0.25, 0.3) is 0 Å². The van der Waals surface area contributed by atoms with Crippen molar-refractivity contribution in [2.75, 3.05) is 43.1 Å². The molecule has 0 radical (unpaired) electrons. The number of carbonyl (C=O) groups is 1. The molecule has 3 rings (SSSR count). The van der Waals surface area contributed by atoms with Gasteiger partial charge in [0.1, 0.15) is 5.82 Å². The highest BCUT2D eigenvalue weighted by Crippen LogP contribution is 2.28. The third-order valence-corrected chi connectivity index (χ3v) is 3.88. The zero-order valence-corrected chi connectivity index (χ0v) is 12.8. The molecule has 0 saturated carbocycles. The lowest BCUT2D eigenvalue weighted by molar-refractivity contribution is 0.0690. The lowest BCUT2D eigenvalue weighted by Crippen LogP contribution is -2.47. The van der Waals surface area contributed by atoms with E-state index < -0.39 is 5.97 Å². The summed E-state index contributed by atoms with van der Waals surface area (Å²) in [6.07, 6.45) is 3.46. The van der Waals surface area contributed by atoms with Gasteiger partial charge in [-0.25, -0.2) is 9.78 Å². The highest BCUT2D eigenvalue weighted by Gasteiger charge is 2.21. The van der Waals surface area contributed by atoms with Crippen molar-refractivity contribution in [2.45, 2.75) is 0 Å². The van der Waals surface area contributed by atoms with Crippen LogP contribution in [-0.2, 0) is 0 Å². The van der Waals surface area contributed by atoms with Crippen molar-refractivity contribution in [3.05, 3.63) is 42.4 Å². The summed E-state index contributed by atoms with van der Waals surface area (Å²) >= 11 is 0. The van der Waals surface area contributed by atoms with Crippen molar-refractivity contribution in [3.63, 3.8) is 0 Å². The maximum atomic E-state index is 11.0. The predicted octanol–water partition coefficient (Wildman–Crippen LogP) is 1.51. The summed E-state index contributed by atoms with van der Waals surface area (Å²) < 4.78 is 5.36. The molecule has 0 bridgehead atoms. The van der Waals surface area contributed by atoms with Crippen molar-refractivity contribution < 1.29 is 14.6 Å². The first-order valence-corrected chi connectivity index (χ1v) is 7.37. The number of aromatic nitrogens is 2. The molecule has 0 unspecified atom stereocenters. The van der Waals surface area contributed by atoms with Crippen molar-refractivity contribution in [3.8, 4) is 5.75 Å². The summed E-state index contributed by atoms with van der Waals surface area (Å²) in [5, 5.41) is 9.05. The molecule has 0 aliphatic carbocycles. The van der Waals surface area contributed by atoms with E-state index in [0.717, 1.165) is 37.6 Å². The second-order valence-corrected chi connectivity index (χ2v) is 5.21. The molecule has 1 fully saturated rings. The van der Waals surface area contributed by atoms with Crippen molar-refractivity contribution in [2.24, 2.45) is 0 Å². The molecule has 1 N–H and O–H groups in total. The molecular weight excluding hydrogens is 296 g/mol. The van der Waals surface area contributed by atoms with Gasteiger partial charge in [0.15, 0.2) is 11.4 Å². The van der Waals surface area contributed by atoms with E-state index >= 15 is 0 Å². The van der Waals surface area contributed by atoms with Crippen molar-refractivity contribution in [1.82, 2.24) is 9.97 Å². The Labute approximate surface area is 134 Å². The third kappa shape index (κ3) is 3.18. The van der Waals surface area contributed by atoms with Crippen LogP contribution < -0.4 is 14.5 Å². The number of hydrogen-bond acceptors (Lipinski definition) is 6. The minimum absolute atomic E-state index is 0.0701. The van der Waals surface area contributed by atoms with E-state index in [-0.39, 0.29) is 5.69 Å². The Bertz CT molecular complexity index is 699. The number of nitrogens with zero attached hydrogens (tertiary/aromatic N) is 4. The van der Waals surface area contributed by atoms with Crippen LogP contribution in [0, 0.1) is 0 Å². The minimum Gasteiger partial charge on any atom is -0.493 e. The molecular formula is C16H18N4O3. The topological polar surface area (TPSA) is 78.8 Å². The number of carboxylic acid groups (broad SMARTS) is 1. The molecule has 1 saturated heterocycles. The zero-order chi connectivity index (χ0) is 16.2. The fraction of sp³-hybridized carbons (Fsp3) is 0.312. The second-order valence-electron chi connectivity index (χ2n) is 5.21. The third-order valence-electron chi connectivity index (χ3n) is 3.88. The van der Waals surface area contributed by atoms with E-state index in [4.69, 9.17) is 9.84 Å². The maximum Gasteiger partial charge on any atom is 0.354 e. The number of aromatic carboxylic acids is 1. The second kappa shape index (κ2) is 6.51. The van der Waals surface area contributed by atoms with Crippen molar-refractivity contribution >= 4 is 17.5 Å². The molecule has 1 aliphatic rings. The van der Waals surface area contributed by atoms with Gasteiger partial charge in [-0.05, 0) is 18.2 Å². The van der Waals surface area contributed by atoms with E-state index in [1.165, 1.54) is 6.07 Å². The van der Waals surface area contributed by atoms with E-state index in [1.807, 2.05) is 12.1 Å². The number of carboxylic acids is 1. The van der Waals surface area contributed by atoms with Gasteiger partial charge in [-0.1, -0.05) is 6.07 Å². The van der Waals surface area contributed by atoms with Gasteiger partial charge in [0.05, 0.1) is 19.0 Å². The quantitative estimate of drug-likeness (QED) is 0.916. The molecule has 0 spiro atoms. The summed E-state index contributed by atoms with van der Waals surface area (Å²) in [5.74, 6) is 0.449. The van der Waals surface area contributed by atoms with Crippen LogP contribution in [0.15, 0.2) is 36.7 Å². The molecule has 7 heteroatoms. The van der Waals surface area contributed by atoms with E-state index in [0.29, 0.717) is 5.82 Å². The first-order valence-electron chi connectivity index (χ1n) is 7.37. The van der Waals surface area contributed by atoms with Crippen LogP contribution in [-0.4, -0.2) is 54.3 Å². The minimum atomic E-state index is -1.01.